The average molecular weight is 720 g/mol. The minimum atomic E-state index is -1.36. The van der Waals surface area contributed by atoms with E-state index in [2.05, 4.69) is 16.0 Å². The Balaban J connectivity index is 2.15. The van der Waals surface area contributed by atoms with Crippen molar-refractivity contribution in [3.05, 3.63) is 74.3 Å². The van der Waals surface area contributed by atoms with Gasteiger partial charge < -0.3 is 30.2 Å². The van der Waals surface area contributed by atoms with Gasteiger partial charge in [0.05, 0.1) is 34.0 Å². The minimum absolute atomic E-state index is 0.0141. The first-order valence-electron chi connectivity index (χ1n) is 15.9. The SMILES string of the molecule is CCCCOC(=O)CNC(=O)C(CSc1ccc([N+](=O)[O-])cc1[N+](=O)[O-])NC(=O)CCC(NC(=O)OCc1ccccc1)C(=O)OCCCC. The van der Waals surface area contributed by atoms with Gasteiger partial charge in [-0.15, -0.1) is 11.8 Å². The van der Waals surface area contributed by atoms with Crippen molar-refractivity contribution in [2.75, 3.05) is 25.5 Å². The van der Waals surface area contributed by atoms with Crippen molar-refractivity contribution < 1.29 is 48.0 Å². The molecular weight excluding hydrogens is 678 g/mol. The van der Waals surface area contributed by atoms with E-state index < -0.39 is 69.7 Å². The van der Waals surface area contributed by atoms with Gasteiger partial charge in [0, 0.05) is 18.2 Å². The van der Waals surface area contributed by atoms with Crippen LogP contribution in [0.25, 0.3) is 0 Å². The fourth-order valence-corrected chi connectivity index (χ4v) is 5.05. The van der Waals surface area contributed by atoms with Crippen LogP contribution in [0.3, 0.4) is 0 Å². The molecule has 0 saturated carbocycles. The number of thioether (sulfide) groups is 1. The fraction of sp³-hybridized carbons (Fsp3) is 0.469. The van der Waals surface area contributed by atoms with Crippen molar-refractivity contribution in [2.24, 2.45) is 0 Å². The predicted octanol–water partition coefficient (Wildman–Crippen LogP) is 3.96. The summed E-state index contributed by atoms with van der Waals surface area (Å²) in [7, 11) is 0. The van der Waals surface area contributed by atoms with Gasteiger partial charge in [-0.1, -0.05) is 57.0 Å². The second-order valence-corrected chi connectivity index (χ2v) is 11.8. The third-order valence-electron chi connectivity index (χ3n) is 6.77. The van der Waals surface area contributed by atoms with Crippen molar-refractivity contribution >= 4 is 53.0 Å². The number of esters is 2. The first-order chi connectivity index (χ1) is 23.9. The van der Waals surface area contributed by atoms with Crippen LogP contribution >= 0.6 is 11.8 Å². The number of nitro benzene ring substituents is 2. The Morgan fingerprint density at radius 3 is 2.16 bits per heavy atom. The maximum atomic E-state index is 13.1. The molecule has 18 heteroatoms. The molecule has 0 saturated heterocycles. The maximum absolute atomic E-state index is 13.1. The number of unbranched alkanes of at least 4 members (excludes halogenated alkanes) is 2. The Kier molecular flexibility index (Phi) is 18.3. The number of nitrogens with one attached hydrogen (secondary N) is 3. The highest BCUT2D eigenvalue weighted by Gasteiger charge is 2.28. The Morgan fingerprint density at radius 1 is 0.840 bits per heavy atom. The van der Waals surface area contributed by atoms with Crippen LogP contribution in [0.2, 0.25) is 0 Å². The van der Waals surface area contributed by atoms with Gasteiger partial charge in [-0.3, -0.25) is 34.6 Å². The molecule has 2 unspecified atom stereocenters. The molecule has 0 heterocycles. The molecule has 50 heavy (non-hydrogen) atoms. The molecule has 0 aromatic heterocycles. The van der Waals surface area contributed by atoms with Crippen LogP contribution in [0.5, 0.6) is 0 Å². The molecule has 2 atom stereocenters. The summed E-state index contributed by atoms with van der Waals surface area (Å²) in [4.78, 5) is 84.7. The molecule has 0 aliphatic heterocycles. The zero-order chi connectivity index (χ0) is 36.9. The van der Waals surface area contributed by atoms with Gasteiger partial charge in [0.2, 0.25) is 11.8 Å². The molecule has 0 aliphatic rings. The summed E-state index contributed by atoms with van der Waals surface area (Å²) >= 11 is 0.774. The van der Waals surface area contributed by atoms with Gasteiger partial charge in [0.15, 0.2) is 0 Å². The summed E-state index contributed by atoms with van der Waals surface area (Å²) in [5, 5.41) is 30.0. The minimum Gasteiger partial charge on any atom is -0.464 e. The number of non-ortho nitro benzene ring substituents is 1. The number of carbonyl (C=O) groups is 5. The van der Waals surface area contributed by atoms with Crippen molar-refractivity contribution in [3.8, 4) is 0 Å². The highest BCUT2D eigenvalue weighted by atomic mass is 32.2. The lowest BCUT2D eigenvalue weighted by Gasteiger charge is -2.20. The highest BCUT2D eigenvalue weighted by molar-refractivity contribution is 7.99. The number of alkyl carbamates (subject to hydrolysis) is 1. The Labute approximate surface area is 292 Å². The van der Waals surface area contributed by atoms with E-state index in [9.17, 15) is 44.2 Å². The van der Waals surface area contributed by atoms with Crippen LogP contribution in [-0.4, -0.2) is 77.3 Å². The van der Waals surface area contributed by atoms with E-state index >= 15 is 0 Å². The quantitative estimate of drug-likeness (QED) is 0.0391. The lowest BCUT2D eigenvalue weighted by atomic mass is 10.1. The van der Waals surface area contributed by atoms with E-state index in [4.69, 9.17) is 14.2 Å². The number of carbonyl (C=O) groups excluding carboxylic acids is 5. The third-order valence-corrected chi connectivity index (χ3v) is 7.92. The third kappa shape index (κ3) is 15.3. The number of rotatable bonds is 22. The van der Waals surface area contributed by atoms with Gasteiger partial charge in [-0.05, 0) is 30.9 Å². The van der Waals surface area contributed by atoms with E-state index in [0.717, 1.165) is 42.8 Å². The number of nitro groups is 2. The van der Waals surface area contributed by atoms with Crippen LogP contribution in [0, 0.1) is 20.2 Å². The molecule has 17 nitrogen and oxygen atoms in total. The van der Waals surface area contributed by atoms with Crippen molar-refractivity contribution in [1.82, 2.24) is 16.0 Å². The number of benzene rings is 2. The summed E-state index contributed by atoms with van der Waals surface area (Å²) in [6.45, 7) is 3.46. The molecule has 0 aliphatic carbocycles. The van der Waals surface area contributed by atoms with Crippen LogP contribution in [0.15, 0.2) is 53.4 Å². The molecule has 2 aromatic rings. The Bertz CT molecular complexity index is 1480. The van der Waals surface area contributed by atoms with E-state index in [1.807, 2.05) is 13.8 Å². The molecule has 3 N–H and O–H groups in total. The maximum Gasteiger partial charge on any atom is 0.408 e. The number of amides is 3. The molecule has 0 spiro atoms. The standard InChI is InChI=1S/C32H41N5O12S/c1-3-5-16-47-29(39)19-33-30(40)25(21-50-27-14-12-23(36(43)44)18-26(27)37(45)46)34-28(38)15-13-24(31(41)48-17-6-4-2)35-32(42)49-20-22-10-8-7-9-11-22/h7-12,14,18,24-25H,3-6,13,15-17,19-21H2,1-2H3,(H,33,40)(H,34,38)(H,35,42). The number of ether oxygens (including phenoxy) is 3. The lowest BCUT2D eigenvalue weighted by molar-refractivity contribution is -0.396. The zero-order valence-corrected chi connectivity index (χ0v) is 28.6. The van der Waals surface area contributed by atoms with Crippen molar-refractivity contribution in [1.29, 1.82) is 0 Å². The summed E-state index contributed by atoms with van der Waals surface area (Å²) in [5.74, 6) is -3.35. The summed E-state index contributed by atoms with van der Waals surface area (Å²) in [6.07, 6.45) is 1.18. The topological polar surface area (TPSA) is 235 Å². The average Bonchev–Trinajstić information content (AvgIpc) is 3.10. The van der Waals surface area contributed by atoms with Crippen LogP contribution in [-0.2, 0) is 40.0 Å². The smallest absolute Gasteiger partial charge is 0.408 e. The number of nitrogens with zero attached hydrogens (tertiary/aromatic N) is 2. The lowest BCUT2D eigenvalue weighted by Crippen LogP contribution is -2.50. The van der Waals surface area contributed by atoms with Crippen LogP contribution in [0.4, 0.5) is 16.2 Å². The van der Waals surface area contributed by atoms with E-state index in [1.165, 1.54) is 0 Å². The van der Waals surface area contributed by atoms with E-state index in [1.54, 1.807) is 30.3 Å². The van der Waals surface area contributed by atoms with Crippen LogP contribution < -0.4 is 16.0 Å². The van der Waals surface area contributed by atoms with Gasteiger partial charge in [0.25, 0.3) is 11.4 Å². The number of hydrogen-bond acceptors (Lipinski definition) is 13. The monoisotopic (exact) mass is 719 g/mol. The van der Waals surface area contributed by atoms with Gasteiger partial charge in [0.1, 0.15) is 25.2 Å². The highest BCUT2D eigenvalue weighted by Crippen LogP contribution is 2.32. The second-order valence-electron chi connectivity index (χ2n) is 10.7. The Hall–Kier alpha value is -5.26. The molecular formula is C32H41N5O12S. The molecule has 3 amide bonds. The van der Waals surface area contributed by atoms with Gasteiger partial charge in [-0.25, -0.2) is 9.59 Å². The molecule has 272 valence electrons. The molecule has 0 radical (unpaired) electrons. The summed E-state index contributed by atoms with van der Waals surface area (Å²) in [6, 6.07) is 9.18. The number of hydrogen-bond donors (Lipinski definition) is 3. The van der Waals surface area contributed by atoms with Gasteiger partial charge in [-0.2, -0.15) is 0 Å². The van der Waals surface area contributed by atoms with Crippen LogP contribution in [0.1, 0.15) is 57.9 Å². The second kappa shape index (κ2) is 22.4. The van der Waals surface area contributed by atoms with E-state index in [0.29, 0.717) is 18.4 Å². The first kappa shape index (κ1) is 40.9. The van der Waals surface area contributed by atoms with Crippen molar-refractivity contribution in [2.45, 2.75) is 76.0 Å². The predicted molar refractivity (Wildman–Crippen MR) is 180 cm³/mol. The van der Waals surface area contributed by atoms with Crippen molar-refractivity contribution in [3.63, 3.8) is 0 Å². The fourth-order valence-electron chi connectivity index (χ4n) is 4.02. The summed E-state index contributed by atoms with van der Waals surface area (Å²) in [5.41, 5.74) is -0.381. The van der Waals surface area contributed by atoms with Gasteiger partial charge >= 0.3 is 18.0 Å². The normalized spacial score (nSPS) is 11.7. The Morgan fingerprint density at radius 2 is 1.52 bits per heavy atom. The first-order valence-corrected chi connectivity index (χ1v) is 16.9. The molecule has 2 aromatic carbocycles. The molecule has 2 rings (SSSR count). The summed E-state index contributed by atoms with van der Waals surface area (Å²) < 4.78 is 15.5. The molecule has 0 fully saturated rings. The molecule has 0 bridgehead atoms. The van der Waals surface area contributed by atoms with E-state index in [-0.39, 0.29) is 43.3 Å². The zero-order valence-electron chi connectivity index (χ0n) is 27.8. The largest absolute Gasteiger partial charge is 0.464 e.